The summed E-state index contributed by atoms with van der Waals surface area (Å²) in [5.74, 6) is -31.2. The van der Waals surface area contributed by atoms with Crippen molar-refractivity contribution in [3.63, 3.8) is 0 Å². The Morgan fingerprint density at radius 2 is 0.800 bits per heavy atom. The first-order valence-corrected chi connectivity index (χ1v) is 12.9. The van der Waals surface area contributed by atoms with Crippen LogP contribution in [0.2, 0.25) is 0 Å². The quantitative estimate of drug-likeness (QED) is 0.135. The number of rotatable bonds is 10. The Morgan fingerprint density at radius 1 is 0.580 bits per heavy atom. The zero-order chi connectivity index (χ0) is 39.1. The van der Waals surface area contributed by atoms with E-state index in [1.807, 2.05) is 0 Å². The van der Waals surface area contributed by atoms with Crippen molar-refractivity contribution in [2.24, 2.45) is 22.1 Å². The SMILES string of the molecule is CC(C#N)(CCC(=O)C1C(=O)OC(C(F)(F)F)(C(F)(F)F)OC1=O)/N=N/C(C)(C#N)CCC(=O)C1C(=O)OC(C(F)(F)F)(C(F)(F)F)OC1=O. The number of nitrogens with zero attached hydrogens (tertiary/aromatic N) is 4. The van der Waals surface area contributed by atoms with Crippen LogP contribution in [0.3, 0.4) is 0 Å². The summed E-state index contributed by atoms with van der Waals surface area (Å²) in [5.41, 5.74) is -4.51. The van der Waals surface area contributed by atoms with Crippen LogP contribution in [-0.2, 0) is 47.7 Å². The standard InChI is InChI=1S/C24H16F12N4O10/c1-17(7-37,5-3-9(41)11-13(43)47-19(21(25,26)27,22(28,29)30)48-14(11)44)39-40-18(2,8-38)6-4-10(42)12-15(45)49-20(23(31,32)33,24(34,35)36)50-16(12)46/h11-12H,3-6H2,1-2H3/b40-39+. The van der Waals surface area contributed by atoms with Gasteiger partial charge in [0, 0.05) is 12.8 Å². The molecule has 0 spiro atoms. The minimum absolute atomic E-state index is 0.865. The van der Waals surface area contributed by atoms with Crippen molar-refractivity contribution < 1.29 is 100 Å². The number of esters is 4. The highest BCUT2D eigenvalue weighted by atomic mass is 19.4. The summed E-state index contributed by atoms with van der Waals surface area (Å²) in [6.45, 7) is 1.73. The lowest BCUT2D eigenvalue weighted by molar-refractivity contribution is -0.450. The van der Waals surface area contributed by atoms with Gasteiger partial charge >= 0.3 is 60.2 Å². The molecule has 2 unspecified atom stereocenters. The predicted octanol–water partition coefficient (Wildman–Crippen LogP) is 3.78. The number of nitriles is 2. The van der Waals surface area contributed by atoms with Crippen LogP contribution in [0.4, 0.5) is 52.7 Å². The second kappa shape index (κ2) is 13.0. The molecule has 2 atom stereocenters. The van der Waals surface area contributed by atoms with Crippen LogP contribution in [-0.4, -0.2) is 82.8 Å². The Morgan fingerprint density at radius 3 is 0.980 bits per heavy atom. The number of alkyl halides is 12. The smallest absolute Gasteiger partial charge is 0.406 e. The number of ketones is 2. The number of hydrogen-bond donors (Lipinski definition) is 0. The average Bonchev–Trinajstić information content (AvgIpc) is 2.95. The minimum atomic E-state index is -6.53. The Bertz CT molecular complexity index is 1390. The van der Waals surface area contributed by atoms with Gasteiger partial charge in [0.15, 0.2) is 22.6 Å². The van der Waals surface area contributed by atoms with E-state index in [2.05, 4.69) is 29.2 Å². The molecule has 0 radical (unpaired) electrons. The fourth-order valence-electron chi connectivity index (χ4n) is 3.85. The number of cyclic esters (lactones) is 4. The Balaban J connectivity index is 2.15. The number of hydrogen-bond acceptors (Lipinski definition) is 14. The summed E-state index contributed by atoms with van der Waals surface area (Å²) in [6, 6.07) is 2.89. The van der Waals surface area contributed by atoms with Gasteiger partial charge in [-0.1, -0.05) is 0 Å². The van der Waals surface area contributed by atoms with Gasteiger partial charge in [0.05, 0.1) is 12.1 Å². The van der Waals surface area contributed by atoms with Crippen molar-refractivity contribution in [2.75, 3.05) is 0 Å². The molecule has 26 heteroatoms. The summed E-state index contributed by atoms with van der Waals surface area (Å²) in [5, 5.41) is 25.9. The summed E-state index contributed by atoms with van der Waals surface area (Å²) in [7, 11) is 0. The number of azo groups is 1. The third-order valence-corrected chi connectivity index (χ3v) is 6.75. The molecule has 0 aromatic carbocycles. The van der Waals surface area contributed by atoms with Crippen LogP contribution in [0.5, 0.6) is 0 Å². The summed E-state index contributed by atoms with van der Waals surface area (Å²) in [4.78, 5) is 72.8. The fourth-order valence-corrected chi connectivity index (χ4v) is 3.85. The largest absolute Gasteiger partial charge is 0.478 e. The van der Waals surface area contributed by atoms with E-state index in [0.29, 0.717) is 0 Å². The lowest BCUT2D eigenvalue weighted by Gasteiger charge is -2.39. The lowest BCUT2D eigenvalue weighted by atomic mass is 9.91. The van der Waals surface area contributed by atoms with Crippen molar-refractivity contribution in [1.82, 2.24) is 0 Å². The zero-order valence-corrected chi connectivity index (χ0v) is 24.4. The van der Waals surface area contributed by atoms with E-state index in [-0.39, 0.29) is 0 Å². The van der Waals surface area contributed by atoms with Crippen LogP contribution in [0.15, 0.2) is 10.2 Å². The monoisotopic (exact) mass is 748 g/mol. The Labute approximate surface area is 268 Å². The normalized spacial score (nSPS) is 21.4. The van der Waals surface area contributed by atoms with Gasteiger partial charge in [0.1, 0.15) is 0 Å². The van der Waals surface area contributed by atoms with Crippen molar-refractivity contribution in [1.29, 1.82) is 10.5 Å². The van der Waals surface area contributed by atoms with Crippen LogP contribution in [0, 0.1) is 34.5 Å². The van der Waals surface area contributed by atoms with Crippen LogP contribution in [0.1, 0.15) is 39.5 Å². The molecule has 50 heavy (non-hydrogen) atoms. The molecule has 0 saturated carbocycles. The zero-order valence-electron chi connectivity index (χ0n) is 24.4. The topological polar surface area (TPSA) is 212 Å². The molecule has 2 aliphatic heterocycles. The van der Waals surface area contributed by atoms with Crippen LogP contribution in [0.25, 0.3) is 0 Å². The van der Waals surface area contributed by atoms with E-state index < -0.39 is 120 Å². The van der Waals surface area contributed by atoms with Gasteiger partial charge in [-0.15, -0.1) is 0 Å². The minimum Gasteiger partial charge on any atom is -0.406 e. The molecular weight excluding hydrogens is 732 g/mol. The molecule has 0 aliphatic carbocycles. The maximum absolute atomic E-state index is 13.1. The molecule has 0 aromatic rings. The van der Waals surface area contributed by atoms with E-state index in [1.54, 1.807) is 0 Å². The highest BCUT2D eigenvalue weighted by molar-refractivity contribution is 6.16. The van der Waals surface area contributed by atoms with Gasteiger partial charge < -0.3 is 18.9 Å². The van der Waals surface area contributed by atoms with Crippen LogP contribution < -0.4 is 0 Å². The van der Waals surface area contributed by atoms with Crippen molar-refractivity contribution in [3.05, 3.63) is 0 Å². The maximum atomic E-state index is 13.1. The van der Waals surface area contributed by atoms with Gasteiger partial charge in [-0.2, -0.15) is 73.4 Å². The maximum Gasteiger partial charge on any atom is 0.478 e. The van der Waals surface area contributed by atoms with Gasteiger partial charge in [-0.25, -0.2) is 0 Å². The molecule has 14 nitrogen and oxygen atoms in total. The molecule has 2 heterocycles. The number of carbonyl (C=O) groups is 6. The molecule has 276 valence electrons. The van der Waals surface area contributed by atoms with Gasteiger partial charge in [-0.05, 0) is 26.7 Å². The first kappa shape index (κ1) is 41.1. The Kier molecular flexibility index (Phi) is 10.7. The van der Waals surface area contributed by atoms with E-state index in [9.17, 15) is 92.0 Å². The predicted molar refractivity (Wildman–Crippen MR) is 122 cm³/mol. The van der Waals surface area contributed by atoms with Crippen molar-refractivity contribution >= 4 is 35.4 Å². The molecule has 0 aromatic heterocycles. The number of carbonyl (C=O) groups excluding carboxylic acids is 6. The third kappa shape index (κ3) is 7.57. The average molecular weight is 748 g/mol. The number of Topliss-reactive ketones (excluding diaryl/α,β-unsaturated/α-hetero) is 2. The molecule has 0 amide bonds. The summed E-state index contributed by atoms with van der Waals surface area (Å²) >= 11 is 0. The van der Waals surface area contributed by atoms with Crippen molar-refractivity contribution in [2.45, 2.75) is 86.9 Å². The molecule has 2 aliphatic rings. The third-order valence-electron chi connectivity index (χ3n) is 6.75. The fraction of sp³-hybridized carbons (Fsp3) is 0.667. The number of halogens is 12. The second-order valence-electron chi connectivity index (χ2n) is 10.7. The van der Waals surface area contributed by atoms with E-state index in [1.165, 1.54) is 12.1 Å². The van der Waals surface area contributed by atoms with Gasteiger partial charge in [-0.3, -0.25) is 28.8 Å². The van der Waals surface area contributed by atoms with E-state index in [4.69, 9.17) is 0 Å². The lowest BCUT2D eigenvalue weighted by Crippen LogP contribution is -2.66. The molecule has 0 bridgehead atoms. The Hall–Kier alpha value is -5.04. The summed E-state index contributed by atoms with van der Waals surface area (Å²) in [6.07, 6.45) is -30.3. The van der Waals surface area contributed by atoms with Gasteiger partial charge in [0.25, 0.3) is 0 Å². The highest BCUT2D eigenvalue weighted by Crippen LogP contribution is 2.50. The molecular formula is C24H16F12N4O10. The van der Waals surface area contributed by atoms with Gasteiger partial charge in [0.2, 0.25) is 11.8 Å². The molecule has 2 rings (SSSR count). The first-order chi connectivity index (χ1) is 22.4. The molecule has 2 fully saturated rings. The molecule has 2 saturated heterocycles. The second-order valence-corrected chi connectivity index (χ2v) is 10.7. The first-order valence-electron chi connectivity index (χ1n) is 12.9. The molecule has 0 N–H and O–H groups in total. The van der Waals surface area contributed by atoms with Crippen LogP contribution >= 0.6 is 0 Å². The number of ether oxygens (including phenoxy) is 4. The van der Waals surface area contributed by atoms with E-state index in [0.717, 1.165) is 13.8 Å². The highest BCUT2D eigenvalue weighted by Gasteiger charge is 2.82. The van der Waals surface area contributed by atoms with Crippen molar-refractivity contribution in [3.8, 4) is 12.1 Å². The summed E-state index contributed by atoms with van der Waals surface area (Å²) < 4.78 is 170. The van der Waals surface area contributed by atoms with E-state index >= 15 is 0 Å².